The van der Waals surface area contributed by atoms with Gasteiger partial charge < -0.3 is 16.4 Å². The number of hydrogen-bond donors (Lipinski definition) is 3. The van der Waals surface area contributed by atoms with Crippen LogP contribution in [0.1, 0.15) is 37.0 Å². The van der Waals surface area contributed by atoms with E-state index < -0.39 is 35.4 Å². The molecule has 8 heteroatoms. The van der Waals surface area contributed by atoms with Gasteiger partial charge in [0.15, 0.2) is 11.6 Å². The van der Waals surface area contributed by atoms with Crippen LogP contribution in [-0.4, -0.2) is 23.9 Å². The Hall–Kier alpha value is -3.65. The van der Waals surface area contributed by atoms with Crippen molar-refractivity contribution in [2.75, 3.05) is 5.32 Å². The number of amides is 2. The van der Waals surface area contributed by atoms with Crippen LogP contribution in [0.25, 0.3) is 0 Å². The minimum atomic E-state index is -1.29. The first-order valence-electron chi connectivity index (χ1n) is 12.2. The van der Waals surface area contributed by atoms with Crippen molar-refractivity contribution in [1.29, 1.82) is 0 Å². The van der Waals surface area contributed by atoms with Crippen LogP contribution in [0, 0.1) is 23.4 Å². The maximum atomic E-state index is 14.0. The molecular formula is C29H32F3N3O2. The van der Waals surface area contributed by atoms with Gasteiger partial charge in [-0.3, -0.25) is 9.59 Å². The van der Waals surface area contributed by atoms with Gasteiger partial charge in [-0.2, -0.15) is 0 Å². The molecule has 0 fully saturated rings. The molecule has 4 N–H and O–H groups in total. The molecule has 196 valence electrons. The average Bonchev–Trinajstić information content (AvgIpc) is 2.83. The fourth-order valence-electron chi connectivity index (χ4n) is 4.11. The molecule has 0 aliphatic carbocycles. The standard InChI is InChI=1S/C29H32F3N3O2/c1-18(2)12-20-10-6-7-11-26(20)35-29(37)27(13-19-8-4-3-5-9-19)34-28(36)16-22(33)14-21-15-24(31)25(32)17-23(21)30/h3-11,15,17-18,22,27H,12-14,16,33H2,1-2H3,(H,34,36)(H,35,37). The van der Waals surface area contributed by atoms with Gasteiger partial charge in [-0.05, 0) is 47.6 Å². The van der Waals surface area contributed by atoms with Crippen LogP contribution in [0.5, 0.6) is 0 Å². The lowest BCUT2D eigenvalue weighted by Gasteiger charge is -2.21. The summed E-state index contributed by atoms with van der Waals surface area (Å²) in [6.45, 7) is 4.18. The third kappa shape index (κ3) is 8.46. The number of nitrogens with two attached hydrogens (primary N) is 1. The second-order valence-corrected chi connectivity index (χ2v) is 9.58. The topological polar surface area (TPSA) is 84.2 Å². The third-order valence-electron chi connectivity index (χ3n) is 5.86. The highest BCUT2D eigenvalue weighted by atomic mass is 19.2. The van der Waals surface area contributed by atoms with E-state index >= 15 is 0 Å². The molecule has 0 saturated carbocycles. The van der Waals surface area contributed by atoms with E-state index in [1.54, 1.807) is 0 Å². The molecule has 0 spiro atoms. The Morgan fingerprint density at radius 2 is 1.46 bits per heavy atom. The number of para-hydroxylation sites is 1. The van der Waals surface area contributed by atoms with Crippen molar-refractivity contribution >= 4 is 17.5 Å². The van der Waals surface area contributed by atoms with E-state index in [0.29, 0.717) is 17.7 Å². The van der Waals surface area contributed by atoms with Crippen LogP contribution in [0.15, 0.2) is 66.7 Å². The molecule has 3 aromatic rings. The van der Waals surface area contributed by atoms with E-state index in [1.165, 1.54) is 0 Å². The van der Waals surface area contributed by atoms with E-state index in [4.69, 9.17) is 5.73 Å². The van der Waals surface area contributed by atoms with Gasteiger partial charge in [0, 0.05) is 30.6 Å². The molecule has 0 aromatic heterocycles. The summed E-state index contributed by atoms with van der Waals surface area (Å²) in [7, 11) is 0. The SMILES string of the molecule is CC(C)Cc1ccccc1NC(=O)C(Cc1ccccc1)NC(=O)CC(N)Cc1cc(F)c(F)cc1F. The summed E-state index contributed by atoms with van der Waals surface area (Å²) in [6.07, 6.45) is 0.620. The minimum absolute atomic E-state index is 0.125. The van der Waals surface area contributed by atoms with Gasteiger partial charge in [0.05, 0.1) is 0 Å². The quantitative estimate of drug-likeness (QED) is 0.319. The molecule has 0 bridgehead atoms. The normalized spacial score (nSPS) is 12.7. The molecule has 3 aromatic carbocycles. The predicted molar refractivity (Wildman–Crippen MR) is 138 cm³/mol. The van der Waals surface area contributed by atoms with Crippen LogP contribution in [0.3, 0.4) is 0 Å². The number of hydrogen-bond acceptors (Lipinski definition) is 3. The van der Waals surface area contributed by atoms with Gasteiger partial charge in [0.1, 0.15) is 11.9 Å². The van der Waals surface area contributed by atoms with Gasteiger partial charge in [-0.1, -0.05) is 62.4 Å². The Kier molecular flexibility index (Phi) is 9.85. The lowest BCUT2D eigenvalue weighted by Crippen LogP contribution is -2.47. The van der Waals surface area contributed by atoms with E-state index in [0.717, 1.165) is 23.6 Å². The van der Waals surface area contributed by atoms with Crippen molar-refractivity contribution in [3.05, 3.63) is 101 Å². The van der Waals surface area contributed by atoms with Crippen molar-refractivity contribution in [1.82, 2.24) is 5.32 Å². The first-order valence-corrected chi connectivity index (χ1v) is 12.2. The molecular weight excluding hydrogens is 479 g/mol. The first-order chi connectivity index (χ1) is 17.6. The highest BCUT2D eigenvalue weighted by molar-refractivity contribution is 5.98. The van der Waals surface area contributed by atoms with Crippen molar-refractivity contribution in [2.45, 2.75) is 51.6 Å². The number of nitrogens with one attached hydrogen (secondary N) is 2. The Bertz CT molecular complexity index is 1220. The van der Waals surface area contributed by atoms with Gasteiger partial charge in [-0.25, -0.2) is 13.2 Å². The smallest absolute Gasteiger partial charge is 0.247 e. The monoisotopic (exact) mass is 511 g/mol. The van der Waals surface area contributed by atoms with Crippen molar-refractivity contribution in [3.63, 3.8) is 0 Å². The number of rotatable bonds is 11. The van der Waals surface area contributed by atoms with Gasteiger partial charge >= 0.3 is 0 Å². The van der Waals surface area contributed by atoms with Gasteiger partial charge in [0.2, 0.25) is 11.8 Å². The molecule has 2 amide bonds. The second-order valence-electron chi connectivity index (χ2n) is 9.58. The Balaban J connectivity index is 1.71. The fraction of sp³-hybridized carbons (Fsp3) is 0.310. The van der Waals surface area contributed by atoms with Gasteiger partial charge in [0.25, 0.3) is 0 Å². The zero-order valence-corrected chi connectivity index (χ0v) is 20.9. The molecule has 0 heterocycles. The minimum Gasteiger partial charge on any atom is -0.344 e. The molecule has 0 saturated heterocycles. The molecule has 0 aliphatic heterocycles. The zero-order chi connectivity index (χ0) is 26.9. The van der Waals surface area contributed by atoms with Crippen LogP contribution >= 0.6 is 0 Å². The summed E-state index contributed by atoms with van der Waals surface area (Å²) in [4.78, 5) is 26.1. The van der Waals surface area contributed by atoms with E-state index in [9.17, 15) is 22.8 Å². The van der Waals surface area contributed by atoms with Crippen LogP contribution in [0.2, 0.25) is 0 Å². The van der Waals surface area contributed by atoms with Crippen LogP contribution in [0.4, 0.5) is 18.9 Å². The fourth-order valence-corrected chi connectivity index (χ4v) is 4.11. The zero-order valence-electron chi connectivity index (χ0n) is 20.9. The number of carbonyl (C=O) groups excluding carboxylic acids is 2. The van der Waals surface area contributed by atoms with Gasteiger partial charge in [-0.15, -0.1) is 0 Å². The molecule has 5 nitrogen and oxygen atoms in total. The molecule has 0 radical (unpaired) electrons. The largest absolute Gasteiger partial charge is 0.344 e. The molecule has 0 aliphatic rings. The maximum Gasteiger partial charge on any atom is 0.247 e. The number of halogens is 3. The summed E-state index contributed by atoms with van der Waals surface area (Å²) in [5, 5.41) is 5.68. The van der Waals surface area contributed by atoms with E-state index in [2.05, 4.69) is 24.5 Å². The van der Waals surface area contributed by atoms with Crippen molar-refractivity contribution < 1.29 is 22.8 Å². The van der Waals surface area contributed by atoms with E-state index in [1.807, 2.05) is 54.6 Å². The maximum absolute atomic E-state index is 14.0. The lowest BCUT2D eigenvalue weighted by molar-refractivity contribution is -0.126. The second kappa shape index (κ2) is 13.1. The Morgan fingerprint density at radius 1 is 0.811 bits per heavy atom. The predicted octanol–water partition coefficient (Wildman–Crippen LogP) is 4.93. The third-order valence-corrected chi connectivity index (χ3v) is 5.86. The Labute approximate surface area is 215 Å². The highest BCUT2D eigenvalue weighted by Crippen LogP contribution is 2.20. The molecule has 2 unspecified atom stereocenters. The van der Waals surface area contributed by atoms with E-state index in [-0.39, 0.29) is 30.7 Å². The van der Waals surface area contributed by atoms with Crippen molar-refractivity contribution in [2.24, 2.45) is 11.7 Å². The molecule has 2 atom stereocenters. The summed E-state index contributed by atoms with van der Waals surface area (Å²) in [5.74, 6) is -3.92. The first kappa shape index (κ1) is 27.9. The van der Waals surface area contributed by atoms with Crippen molar-refractivity contribution in [3.8, 4) is 0 Å². The summed E-state index contributed by atoms with van der Waals surface area (Å²) < 4.78 is 40.7. The summed E-state index contributed by atoms with van der Waals surface area (Å²) >= 11 is 0. The number of benzene rings is 3. The highest BCUT2D eigenvalue weighted by Gasteiger charge is 2.24. The Morgan fingerprint density at radius 3 is 2.16 bits per heavy atom. The van der Waals surface area contributed by atoms with Crippen LogP contribution < -0.4 is 16.4 Å². The average molecular weight is 512 g/mol. The number of carbonyl (C=O) groups is 2. The summed E-state index contributed by atoms with van der Waals surface area (Å²) in [6, 6.07) is 16.2. The summed E-state index contributed by atoms with van der Waals surface area (Å²) in [5.41, 5.74) is 8.41. The molecule has 3 rings (SSSR count). The molecule has 37 heavy (non-hydrogen) atoms. The lowest BCUT2D eigenvalue weighted by atomic mass is 10.00. The van der Waals surface area contributed by atoms with Crippen LogP contribution in [-0.2, 0) is 28.9 Å². The number of anilines is 1.